The first-order chi connectivity index (χ1) is 14.2. The molecule has 2 unspecified atom stereocenters. The number of rotatable bonds is 12. The summed E-state index contributed by atoms with van der Waals surface area (Å²) in [7, 11) is 0. The fourth-order valence-corrected chi connectivity index (χ4v) is 3.61. The van der Waals surface area contributed by atoms with Crippen molar-refractivity contribution in [2.75, 3.05) is 11.4 Å². The van der Waals surface area contributed by atoms with Crippen molar-refractivity contribution in [3.63, 3.8) is 0 Å². The molecule has 154 valence electrons. The number of aryl methyl sites for hydroxylation is 1. The van der Waals surface area contributed by atoms with Gasteiger partial charge < -0.3 is 10.2 Å². The molecule has 2 aromatic carbocycles. The summed E-state index contributed by atoms with van der Waals surface area (Å²) in [5.74, 6) is 0. The Labute approximate surface area is 174 Å². The second kappa shape index (κ2) is 11.4. The van der Waals surface area contributed by atoms with Gasteiger partial charge in [-0.15, -0.1) is 0 Å². The number of nitrogens with one attached hydrogen (secondary N) is 1. The van der Waals surface area contributed by atoms with Crippen molar-refractivity contribution >= 4 is 5.69 Å². The number of benzene rings is 2. The van der Waals surface area contributed by atoms with Gasteiger partial charge in [0.1, 0.15) is 12.7 Å². The van der Waals surface area contributed by atoms with Crippen molar-refractivity contribution in [3.05, 3.63) is 78.9 Å². The predicted molar refractivity (Wildman–Crippen MR) is 120 cm³/mol. The number of hydrogen-bond donors (Lipinski definition) is 1. The van der Waals surface area contributed by atoms with Crippen LogP contribution in [0.2, 0.25) is 0 Å². The van der Waals surface area contributed by atoms with Gasteiger partial charge in [0, 0.05) is 37.4 Å². The maximum atomic E-state index is 4.21. The van der Waals surface area contributed by atoms with Gasteiger partial charge in [0.15, 0.2) is 0 Å². The molecular weight excluding hydrogens is 358 g/mol. The first-order valence-corrected chi connectivity index (χ1v) is 10.6. The van der Waals surface area contributed by atoms with Crippen LogP contribution in [0.15, 0.2) is 73.3 Å². The maximum Gasteiger partial charge on any atom is 0.137 e. The number of para-hydroxylation sites is 1. The molecule has 1 aromatic heterocycles. The van der Waals surface area contributed by atoms with Gasteiger partial charge in [-0.25, -0.2) is 4.98 Å². The minimum Gasteiger partial charge on any atom is -0.369 e. The van der Waals surface area contributed by atoms with E-state index in [-0.39, 0.29) is 0 Å². The Balaban J connectivity index is 1.49. The van der Waals surface area contributed by atoms with Crippen LogP contribution in [0.5, 0.6) is 0 Å². The quantitative estimate of drug-likeness (QED) is 0.493. The number of nitrogens with zero attached hydrogens (tertiary/aromatic N) is 4. The van der Waals surface area contributed by atoms with E-state index >= 15 is 0 Å². The van der Waals surface area contributed by atoms with Crippen molar-refractivity contribution < 1.29 is 0 Å². The molecule has 0 aliphatic rings. The first kappa shape index (κ1) is 21.1. The summed E-state index contributed by atoms with van der Waals surface area (Å²) in [5.41, 5.74) is 2.63. The van der Waals surface area contributed by atoms with Gasteiger partial charge in [-0.3, -0.25) is 4.68 Å². The summed E-state index contributed by atoms with van der Waals surface area (Å²) in [4.78, 5) is 6.56. The second-order valence-electron chi connectivity index (χ2n) is 7.73. The van der Waals surface area contributed by atoms with Gasteiger partial charge in [0.25, 0.3) is 0 Å². The van der Waals surface area contributed by atoms with E-state index in [1.54, 1.807) is 12.7 Å². The molecular formula is C24H33N5. The van der Waals surface area contributed by atoms with E-state index in [0.29, 0.717) is 12.1 Å². The second-order valence-corrected chi connectivity index (χ2v) is 7.73. The van der Waals surface area contributed by atoms with Crippen LogP contribution in [0.25, 0.3) is 0 Å². The molecule has 0 spiro atoms. The lowest BCUT2D eigenvalue weighted by molar-refractivity contribution is 0.456. The molecule has 2 atom stereocenters. The number of aromatic nitrogens is 3. The topological polar surface area (TPSA) is 46.0 Å². The zero-order valence-electron chi connectivity index (χ0n) is 17.6. The lowest BCUT2D eigenvalue weighted by atomic mass is 10.1. The van der Waals surface area contributed by atoms with Gasteiger partial charge in [-0.1, -0.05) is 48.5 Å². The van der Waals surface area contributed by atoms with E-state index in [1.165, 1.54) is 11.3 Å². The highest BCUT2D eigenvalue weighted by atomic mass is 15.3. The Kier molecular flexibility index (Phi) is 8.25. The molecule has 0 aliphatic heterocycles. The van der Waals surface area contributed by atoms with Crippen LogP contribution in [-0.2, 0) is 13.1 Å². The molecule has 1 heterocycles. The van der Waals surface area contributed by atoms with Crippen LogP contribution >= 0.6 is 0 Å². The van der Waals surface area contributed by atoms with Crippen LogP contribution in [0.1, 0.15) is 38.7 Å². The lowest BCUT2D eigenvalue weighted by Gasteiger charge is -2.32. The standard InChI is InChI=1S/C24H33N5/c1-21(26-18-23-10-5-3-6-11-23)14-15-22(2)29(24-12-7-4-8-13-24)17-9-16-28-20-25-19-27-28/h3-8,10-13,19-22,26H,9,14-18H2,1-2H3. The van der Waals surface area contributed by atoms with Crippen molar-refractivity contribution in [2.45, 2.75) is 58.3 Å². The van der Waals surface area contributed by atoms with Crippen LogP contribution < -0.4 is 10.2 Å². The Morgan fingerprint density at radius 3 is 2.38 bits per heavy atom. The van der Waals surface area contributed by atoms with E-state index in [1.807, 2.05) is 4.68 Å². The Hall–Kier alpha value is -2.66. The van der Waals surface area contributed by atoms with Gasteiger partial charge in [0.2, 0.25) is 0 Å². The van der Waals surface area contributed by atoms with Gasteiger partial charge in [-0.05, 0) is 50.8 Å². The average molecular weight is 392 g/mol. The predicted octanol–water partition coefficient (Wildman–Crippen LogP) is 4.52. The summed E-state index contributed by atoms with van der Waals surface area (Å²) in [6.07, 6.45) is 6.74. The lowest BCUT2D eigenvalue weighted by Crippen LogP contribution is -2.36. The minimum absolute atomic E-state index is 0.481. The molecule has 0 saturated heterocycles. The highest BCUT2D eigenvalue weighted by Crippen LogP contribution is 2.20. The minimum atomic E-state index is 0.481. The van der Waals surface area contributed by atoms with E-state index in [2.05, 4.69) is 94.8 Å². The van der Waals surface area contributed by atoms with Gasteiger partial charge in [0.05, 0.1) is 0 Å². The Bertz CT molecular complexity index is 789. The highest BCUT2D eigenvalue weighted by Gasteiger charge is 2.15. The van der Waals surface area contributed by atoms with E-state index in [0.717, 1.165) is 38.9 Å². The van der Waals surface area contributed by atoms with Crippen LogP contribution in [-0.4, -0.2) is 33.4 Å². The summed E-state index contributed by atoms with van der Waals surface area (Å²) >= 11 is 0. The molecule has 0 aliphatic carbocycles. The normalized spacial score (nSPS) is 13.2. The van der Waals surface area contributed by atoms with Crippen molar-refractivity contribution in [1.82, 2.24) is 20.1 Å². The van der Waals surface area contributed by atoms with Crippen molar-refractivity contribution in [3.8, 4) is 0 Å². The molecule has 0 fully saturated rings. The third-order valence-electron chi connectivity index (χ3n) is 5.39. The number of anilines is 1. The summed E-state index contributed by atoms with van der Waals surface area (Å²) in [6.45, 7) is 7.46. The van der Waals surface area contributed by atoms with Crippen LogP contribution in [0, 0.1) is 0 Å². The van der Waals surface area contributed by atoms with E-state index in [4.69, 9.17) is 0 Å². The third-order valence-corrected chi connectivity index (χ3v) is 5.39. The average Bonchev–Trinajstić information content (AvgIpc) is 3.28. The maximum absolute atomic E-state index is 4.21. The van der Waals surface area contributed by atoms with Gasteiger partial charge in [-0.2, -0.15) is 5.10 Å². The summed E-state index contributed by atoms with van der Waals surface area (Å²) in [6, 6.07) is 22.3. The molecule has 3 rings (SSSR count). The van der Waals surface area contributed by atoms with Gasteiger partial charge >= 0.3 is 0 Å². The SMILES string of the molecule is CC(CCC(C)N(CCCn1cncn1)c1ccccc1)NCc1ccccc1. The first-order valence-electron chi connectivity index (χ1n) is 10.6. The molecule has 29 heavy (non-hydrogen) atoms. The fraction of sp³-hybridized carbons (Fsp3) is 0.417. The molecule has 3 aromatic rings. The molecule has 0 bridgehead atoms. The van der Waals surface area contributed by atoms with E-state index < -0.39 is 0 Å². The summed E-state index contributed by atoms with van der Waals surface area (Å²) < 4.78 is 1.91. The smallest absolute Gasteiger partial charge is 0.137 e. The molecule has 5 nitrogen and oxygen atoms in total. The van der Waals surface area contributed by atoms with Crippen LogP contribution in [0.4, 0.5) is 5.69 Å². The number of hydrogen-bond acceptors (Lipinski definition) is 4. The molecule has 0 amide bonds. The molecule has 1 N–H and O–H groups in total. The largest absolute Gasteiger partial charge is 0.369 e. The van der Waals surface area contributed by atoms with Crippen molar-refractivity contribution in [1.29, 1.82) is 0 Å². The monoisotopic (exact) mass is 391 g/mol. The zero-order chi connectivity index (χ0) is 20.3. The van der Waals surface area contributed by atoms with Crippen LogP contribution in [0.3, 0.4) is 0 Å². The third kappa shape index (κ3) is 7.02. The highest BCUT2D eigenvalue weighted by molar-refractivity contribution is 5.46. The Morgan fingerprint density at radius 1 is 0.966 bits per heavy atom. The molecule has 5 heteroatoms. The molecule has 0 saturated carbocycles. The summed E-state index contributed by atoms with van der Waals surface area (Å²) in [5, 5.41) is 7.87. The fourth-order valence-electron chi connectivity index (χ4n) is 3.61. The van der Waals surface area contributed by atoms with Crippen molar-refractivity contribution in [2.24, 2.45) is 0 Å². The van der Waals surface area contributed by atoms with E-state index in [9.17, 15) is 0 Å². The Morgan fingerprint density at radius 2 is 1.69 bits per heavy atom. The zero-order valence-corrected chi connectivity index (χ0v) is 17.6. The molecule has 0 radical (unpaired) electrons.